The van der Waals surface area contributed by atoms with E-state index in [0.717, 1.165) is 13.1 Å². The van der Waals surface area contributed by atoms with E-state index in [2.05, 4.69) is 17.1 Å². The van der Waals surface area contributed by atoms with Gasteiger partial charge in [0.25, 0.3) is 0 Å². The second-order valence-electron chi connectivity index (χ2n) is 4.87. The Balaban J connectivity index is 2.13. The number of amides is 1. The molecule has 1 fully saturated rings. The molecule has 0 aromatic rings. The molecular formula is C12H25N3O. The van der Waals surface area contributed by atoms with E-state index in [-0.39, 0.29) is 11.9 Å². The lowest BCUT2D eigenvalue weighted by atomic mass is 10.1. The summed E-state index contributed by atoms with van der Waals surface area (Å²) in [4.78, 5) is 13.9. The van der Waals surface area contributed by atoms with Crippen molar-refractivity contribution in [2.45, 2.75) is 39.2 Å². The average molecular weight is 227 g/mol. The van der Waals surface area contributed by atoms with Crippen LogP contribution in [0, 0.1) is 5.92 Å². The Bertz CT molecular complexity index is 214. The molecule has 0 spiro atoms. The highest BCUT2D eigenvalue weighted by Gasteiger charge is 2.16. The van der Waals surface area contributed by atoms with Gasteiger partial charge in [0.05, 0.1) is 6.04 Å². The molecule has 1 aliphatic heterocycles. The Morgan fingerprint density at radius 1 is 1.44 bits per heavy atom. The van der Waals surface area contributed by atoms with Crippen molar-refractivity contribution in [1.29, 1.82) is 0 Å². The first-order valence-corrected chi connectivity index (χ1v) is 6.39. The summed E-state index contributed by atoms with van der Waals surface area (Å²) < 4.78 is 0. The minimum absolute atomic E-state index is 0.0178. The van der Waals surface area contributed by atoms with Crippen LogP contribution >= 0.6 is 0 Å². The number of nitrogens with zero attached hydrogens (tertiary/aromatic N) is 1. The highest BCUT2D eigenvalue weighted by atomic mass is 16.2. The van der Waals surface area contributed by atoms with Crippen molar-refractivity contribution < 1.29 is 4.79 Å². The van der Waals surface area contributed by atoms with Crippen LogP contribution in [0.15, 0.2) is 0 Å². The third kappa shape index (κ3) is 4.49. The Morgan fingerprint density at radius 2 is 2.06 bits per heavy atom. The van der Waals surface area contributed by atoms with E-state index in [0.29, 0.717) is 12.3 Å². The van der Waals surface area contributed by atoms with Gasteiger partial charge in [-0.1, -0.05) is 13.8 Å². The first-order valence-electron chi connectivity index (χ1n) is 6.39. The zero-order valence-corrected chi connectivity index (χ0v) is 10.5. The number of hydrogen-bond donors (Lipinski definition) is 2. The lowest BCUT2D eigenvalue weighted by Crippen LogP contribution is -2.43. The molecule has 94 valence electrons. The highest BCUT2D eigenvalue weighted by Crippen LogP contribution is 2.09. The molecule has 0 saturated carbocycles. The van der Waals surface area contributed by atoms with Gasteiger partial charge in [0.1, 0.15) is 0 Å². The largest absolute Gasteiger partial charge is 0.354 e. The maximum atomic E-state index is 11.5. The monoisotopic (exact) mass is 227 g/mol. The van der Waals surface area contributed by atoms with Gasteiger partial charge < -0.3 is 16.0 Å². The van der Waals surface area contributed by atoms with Gasteiger partial charge in [-0.2, -0.15) is 0 Å². The number of likely N-dealkylation sites (tertiary alicyclic amines) is 1. The van der Waals surface area contributed by atoms with Crippen LogP contribution in [0.3, 0.4) is 0 Å². The van der Waals surface area contributed by atoms with E-state index in [4.69, 9.17) is 5.73 Å². The molecule has 1 amide bonds. The molecule has 3 N–H and O–H groups in total. The first-order chi connectivity index (χ1) is 7.63. The molecule has 1 saturated heterocycles. The predicted octanol–water partition coefficient (Wildman–Crippen LogP) is 0.572. The fraction of sp³-hybridized carbons (Fsp3) is 0.917. The van der Waals surface area contributed by atoms with Crippen molar-refractivity contribution in [3.63, 3.8) is 0 Å². The summed E-state index contributed by atoms with van der Waals surface area (Å²) in [5.74, 6) is 0.488. The fourth-order valence-electron chi connectivity index (χ4n) is 2.06. The maximum absolute atomic E-state index is 11.5. The van der Waals surface area contributed by atoms with E-state index < -0.39 is 0 Å². The molecule has 1 rings (SSSR count). The van der Waals surface area contributed by atoms with Gasteiger partial charge in [-0.05, 0) is 38.3 Å². The Kier molecular flexibility index (Phi) is 5.77. The van der Waals surface area contributed by atoms with Crippen molar-refractivity contribution in [2.24, 2.45) is 11.7 Å². The molecule has 1 unspecified atom stereocenters. The molecule has 1 aliphatic rings. The van der Waals surface area contributed by atoms with Crippen LogP contribution in [0.1, 0.15) is 33.1 Å². The van der Waals surface area contributed by atoms with E-state index in [1.54, 1.807) is 0 Å². The van der Waals surface area contributed by atoms with Crippen molar-refractivity contribution in [1.82, 2.24) is 10.2 Å². The average Bonchev–Trinajstić information content (AvgIpc) is 2.77. The lowest BCUT2D eigenvalue weighted by molar-refractivity contribution is -0.122. The molecule has 0 radical (unpaired) electrons. The Hall–Kier alpha value is -0.610. The SMILES string of the molecule is CC[C@H](N)C(=O)NCC(C)CN1CCCC1. The second-order valence-corrected chi connectivity index (χ2v) is 4.87. The third-order valence-corrected chi connectivity index (χ3v) is 3.17. The summed E-state index contributed by atoms with van der Waals surface area (Å²) in [5, 5.41) is 2.92. The van der Waals surface area contributed by atoms with Gasteiger partial charge in [0, 0.05) is 13.1 Å². The summed E-state index contributed by atoms with van der Waals surface area (Å²) in [5.41, 5.74) is 5.64. The van der Waals surface area contributed by atoms with Crippen LogP contribution < -0.4 is 11.1 Å². The molecule has 0 aromatic heterocycles. The summed E-state index contributed by atoms with van der Waals surface area (Å²) in [6.45, 7) is 8.36. The molecule has 4 heteroatoms. The first kappa shape index (κ1) is 13.5. The summed E-state index contributed by atoms with van der Waals surface area (Å²) in [6.07, 6.45) is 3.34. The zero-order chi connectivity index (χ0) is 12.0. The normalized spacial score (nSPS) is 20.7. The lowest BCUT2D eigenvalue weighted by Gasteiger charge is -2.21. The molecule has 0 bridgehead atoms. The number of hydrogen-bond acceptors (Lipinski definition) is 3. The van der Waals surface area contributed by atoms with Crippen molar-refractivity contribution >= 4 is 5.91 Å². The smallest absolute Gasteiger partial charge is 0.236 e. The van der Waals surface area contributed by atoms with Gasteiger partial charge >= 0.3 is 0 Å². The third-order valence-electron chi connectivity index (χ3n) is 3.17. The number of nitrogens with two attached hydrogens (primary N) is 1. The molecule has 16 heavy (non-hydrogen) atoms. The topological polar surface area (TPSA) is 58.4 Å². The summed E-state index contributed by atoms with van der Waals surface area (Å²) >= 11 is 0. The van der Waals surface area contributed by atoms with Crippen LogP contribution in [0.25, 0.3) is 0 Å². The number of carbonyl (C=O) groups is 1. The van der Waals surface area contributed by atoms with Crippen molar-refractivity contribution in [2.75, 3.05) is 26.2 Å². The van der Waals surface area contributed by atoms with E-state index in [9.17, 15) is 4.79 Å². The quantitative estimate of drug-likeness (QED) is 0.697. The summed E-state index contributed by atoms with van der Waals surface area (Å²) in [7, 11) is 0. The molecule has 2 atom stereocenters. The van der Waals surface area contributed by atoms with Crippen LogP contribution in [-0.2, 0) is 4.79 Å². The molecule has 0 aliphatic carbocycles. The van der Waals surface area contributed by atoms with Crippen LogP contribution in [-0.4, -0.2) is 43.0 Å². The Labute approximate surface area is 98.6 Å². The number of carbonyl (C=O) groups excluding carboxylic acids is 1. The highest BCUT2D eigenvalue weighted by molar-refractivity contribution is 5.81. The number of rotatable bonds is 6. The van der Waals surface area contributed by atoms with E-state index in [1.807, 2.05) is 6.92 Å². The standard InChI is InChI=1S/C12H25N3O/c1-3-11(13)12(16)14-8-10(2)9-15-6-4-5-7-15/h10-11H,3-9,13H2,1-2H3,(H,14,16)/t10?,11-/m0/s1. The van der Waals surface area contributed by atoms with E-state index in [1.165, 1.54) is 25.9 Å². The zero-order valence-electron chi connectivity index (χ0n) is 10.5. The van der Waals surface area contributed by atoms with Gasteiger partial charge in [-0.25, -0.2) is 0 Å². The fourth-order valence-corrected chi connectivity index (χ4v) is 2.06. The molecule has 1 heterocycles. The van der Waals surface area contributed by atoms with E-state index >= 15 is 0 Å². The van der Waals surface area contributed by atoms with Crippen LogP contribution in [0.5, 0.6) is 0 Å². The van der Waals surface area contributed by atoms with Gasteiger partial charge in [0.2, 0.25) is 5.91 Å². The molecule has 4 nitrogen and oxygen atoms in total. The van der Waals surface area contributed by atoms with Crippen LogP contribution in [0.4, 0.5) is 0 Å². The summed E-state index contributed by atoms with van der Waals surface area (Å²) in [6, 6.07) is -0.348. The molecule has 0 aromatic carbocycles. The number of nitrogens with one attached hydrogen (secondary N) is 1. The Morgan fingerprint density at radius 3 is 2.62 bits per heavy atom. The van der Waals surface area contributed by atoms with Crippen LogP contribution in [0.2, 0.25) is 0 Å². The van der Waals surface area contributed by atoms with Crippen molar-refractivity contribution in [3.05, 3.63) is 0 Å². The maximum Gasteiger partial charge on any atom is 0.236 e. The predicted molar refractivity (Wildman–Crippen MR) is 66.1 cm³/mol. The van der Waals surface area contributed by atoms with Crippen molar-refractivity contribution in [3.8, 4) is 0 Å². The van der Waals surface area contributed by atoms with Gasteiger partial charge in [0.15, 0.2) is 0 Å². The minimum atomic E-state index is -0.348. The molecular weight excluding hydrogens is 202 g/mol. The van der Waals surface area contributed by atoms with Gasteiger partial charge in [-0.3, -0.25) is 4.79 Å². The second kappa shape index (κ2) is 6.86. The van der Waals surface area contributed by atoms with Gasteiger partial charge in [-0.15, -0.1) is 0 Å². The minimum Gasteiger partial charge on any atom is -0.354 e.